The molecule has 1 aliphatic rings. The largest absolute Gasteiger partial charge is 0.373 e. The van der Waals surface area contributed by atoms with E-state index in [0.29, 0.717) is 22.3 Å². The van der Waals surface area contributed by atoms with E-state index in [-0.39, 0.29) is 18.1 Å². The number of hydrogen-bond donors (Lipinski definition) is 1. The molecule has 1 fully saturated rings. The van der Waals surface area contributed by atoms with Crippen LogP contribution in [0.5, 0.6) is 0 Å². The van der Waals surface area contributed by atoms with Crippen LogP contribution in [0, 0.1) is 0 Å². The number of aromatic nitrogens is 2. The van der Waals surface area contributed by atoms with Crippen LogP contribution in [0.3, 0.4) is 0 Å². The first kappa shape index (κ1) is 17.3. The van der Waals surface area contributed by atoms with Crippen molar-refractivity contribution in [1.82, 2.24) is 15.1 Å². The van der Waals surface area contributed by atoms with Gasteiger partial charge in [-0.05, 0) is 38.1 Å². The van der Waals surface area contributed by atoms with E-state index in [0.717, 1.165) is 18.1 Å². The molecular formula is C16H19ClN4O2S. The number of carbonyl (C=O) groups is 1. The molecule has 0 unspecified atom stereocenters. The smallest absolute Gasteiger partial charge is 0.286 e. The van der Waals surface area contributed by atoms with E-state index in [2.05, 4.69) is 34.3 Å². The lowest BCUT2D eigenvalue weighted by Crippen LogP contribution is -2.44. The minimum absolute atomic E-state index is 0.203. The molecule has 0 radical (unpaired) electrons. The Balaban J connectivity index is 1.60. The second-order valence-corrected chi connectivity index (χ2v) is 7.41. The minimum atomic E-state index is -0.259. The van der Waals surface area contributed by atoms with Gasteiger partial charge in [0.25, 0.3) is 5.91 Å². The van der Waals surface area contributed by atoms with Crippen molar-refractivity contribution in [2.45, 2.75) is 32.6 Å². The minimum Gasteiger partial charge on any atom is -0.373 e. The quantitative estimate of drug-likeness (QED) is 0.900. The molecule has 1 aliphatic heterocycles. The fraction of sp³-hybridized carbons (Fsp3) is 0.438. The molecule has 3 rings (SSSR count). The van der Waals surface area contributed by atoms with Gasteiger partial charge < -0.3 is 10.1 Å². The summed E-state index contributed by atoms with van der Waals surface area (Å²) < 4.78 is 5.72. The number of morpholine rings is 1. The number of halogens is 1. The third kappa shape index (κ3) is 4.51. The van der Waals surface area contributed by atoms with Crippen molar-refractivity contribution in [3.63, 3.8) is 0 Å². The normalized spacial score (nSPS) is 21.6. The summed E-state index contributed by atoms with van der Waals surface area (Å²) in [6.45, 7) is 6.53. The van der Waals surface area contributed by atoms with Crippen molar-refractivity contribution in [3.8, 4) is 0 Å². The Labute approximate surface area is 149 Å². The van der Waals surface area contributed by atoms with Gasteiger partial charge in [-0.1, -0.05) is 22.9 Å². The van der Waals surface area contributed by atoms with Crippen LogP contribution in [0.25, 0.3) is 0 Å². The molecule has 1 aromatic heterocycles. The number of amides is 1. The van der Waals surface area contributed by atoms with E-state index in [1.54, 1.807) is 24.3 Å². The van der Waals surface area contributed by atoms with Gasteiger partial charge in [-0.2, -0.15) is 0 Å². The van der Waals surface area contributed by atoms with Gasteiger partial charge in [0, 0.05) is 23.8 Å². The van der Waals surface area contributed by atoms with Crippen LogP contribution < -0.4 is 5.32 Å². The standard InChI is InChI=1S/C16H19ClN4O2S/c1-10-7-21(8-11(2)23-10)9-14-19-20-16(24-14)15(22)18-13-5-3-12(17)4-6-13/h3-6,10-11H,7-9H2,1-2H3,(H,18,22)/t10-,11+. The molecule has 0 bridgehead atoms. The van der Waals surface area contributed by atoms with Gasteiger partial charge in [-0.3, -0.25) is 9.69 Å². The van der Waals surface area contributed by atoms with Gasteiger partial charge in [0.05, 0.1) is 18.8 Å². The zero-order chi connectivity index (χ0) is 17.1. The summed E-state index contributed by atoms with van der Waals surface area (Å²) in [6, 6.07) is 6.95. The summed E-state index contributed by atoms with van der Waals surface area (Å²) in [5, 5.41) is 12.8. The number of anilines is 1. The topological polar surface area (TPSA) is 67.4 Å². The molecular weight excluding hydrogens is 348 g/mol. The third-order valence-corrected chi connectivity index (χ3v) is 4.78. The summed E-state index contributed by atoms with van der Waals surface area (Å²) in [4.78, 5) is 14.5. The Morgan fingerprint density at radius 3 is 2.62 bits per heavy atom. The lowest BCUT2D eigenvalue weighted by molar-refractivity contribution is -0.0705. The maximum absolute atomic E-state index is 12.2. The van der Waals surface area contributed by atoms with E-state index in [4.69, 9.17) is 16.3 Å². The predicted octanol–water partition coefficient (Wildman–Crippen LogP) is 3.05. The van der Waals surface area contributed by atoms with Crippen molar-refractivity contribution in [1.29, 1.82) is 0 Å². The highest BCUT2D eigenvalue weighted by Crippen LogP contribution is 2.19. The Morgan fingerprint density at radius 1 is 1.29 bits per heavy atom. The number of nitrogens with one attached hydrogen (secondary N) is 1. The molecule has 1 N–H and O–H groups in total. The van der Waals surface area contributed by atoms with Crippen LogP contribution in [-0.4, -0.2) is 46.3 Å². The van der Waals surface area contributed by atoms with Gasteiger partial charge in [0.15, 0.2) is 0 Å². The van der Waals surface area contributed by atoms with Gasteiger partial charge in [-0.15, -0.1) is 10.2 Å². The van der Waals surface area contributed by atoms with E-state index < -0.39 is 0 Å². The third-order valence-electron chi connectivity index (χ3n) is 3.62. The first-order chi connectivity index (χ1) is 11.5. The SMILES string of the molecule is C[C@@H]1CN(Cc2nnc(C(=O)Nc3ccc(Cl)cc3)s2)C[C@H](C)O1. The first-order valence-corrected chi connectivity index (χ1v) is 8.96. The number of carbonyl (C=O) groups excluding carboxylic acids is 1. The van der Waals surface area contributed by atoms with Crippen molar-refractivity contribution in [2.75, 3.05) is 18.4 Å². The molecule has 0 saturated carbocycles. The molecule has 128 valence electrons. The maximum atomic E-state index is 12.2. The van der Waals surface area contributed by atoms with E-state index in [1.807, 2.05) is 0 Å². The second kappa shape index (κ2) is 7.57. The van der Waals surface area contributed by atoms with Crippen LogP contribution in [0.15, 0.2) is 24.3 Å². The molecule has 8 heteroatoms. The monoisotopic (exact) mass is 366 g/mol. The maximum Gasteiger partial charge on any atom is 0.286 e. The highest BCUT2D eigenvalue weighted by molar-refractivity contribution is 7.13. The number of rotatable bonds is 4. The second-order valence-electron chi connectivity index (χ2n) is 5.91. The van der Waals surface area contributed by atoms with Gasteiger partial charge in [0.2, 0.25) is 5.01 Å². The Hall–Kier alpha value is -1.54. The molecule has 2 heterocycles. The van der Waals surface area contributed by atoms with Crippen molar-refractivity contribution < 1.29 is 9.53 Å². The molecule has 6 nitrogen and oxygen atoms in total. The van der Waals surface area contributed by atoms with Crippen molar-refractivity contribution in [2.24, 2.45) is 0 Å². The molecule has 2 aromatic rings. The van der Waals surface area contributed by atoms with Crippen LogP contribution in [0.4, 0.5) is 5.69 Å². The summed E-state index contributed by atoms with van der Waals surface area (Å²) >= 11 is 7.15. The van der Waals surface area contributed by atoms with Crippen LogP contribution >= 0.6 is 22.9 Å². The van der Waals surface area contributed by atoms with Gasteiger partial charge in [0.1, 0.15) is 5.01 Å². The Kier molecular flexibility index (Phi) is 5.45. The lowest BCUT2D eigenvalue weighted by atomic mass is 10.2. The number of hydrogen-bond acceptors (Lipinski definition) is 6. The average molecular weight is 367 g/mol. The van der Waals surface area contributed by atoms with Crippen LogP contribution in [-0.2, 0) is 11.3 Å². The summed E-state index contributed by atoms with van der Waals surface area (Å²) in [7, 11) is 0. The molecule has 1 saturated heterocycles. The number of nitrogens with zero attached hydrogens (tertiary/aromatic N) is 3. The van der Waals surface area contributed by atoms with Crippen molar-refractivity contribution >= 4 is 34.5 Å². The zero-order valence-electron chi connectivity index (χ0n) is 13.5. The average Bonchev–Trinajstić information content (AvgIpc) is 2.97. The highest BCUT2D eigenvalue weighted by Gasteiger charge is 2.23. The number of benzene rings is 1. The van der Waals surface area contributed by atoms with E-state index in [9.17, 15) is 4.79 Å². The molecule has 2 atom stereocenters. The van der Waals surface area contributed by atoms with Gasteiger partial charge >= 0.3 is 0 Å². The zero-order valence-corrected chi connectivity index (χ0v) is 15.1. The van der Waals surface area contributed by atoms with Crippen LogP contribution in [0.2, 0.25) is 5.02 Å². The Morgan fingerprint density at radius 2 is 1.96 bits per heavy atom. The van der Waals surface area contributed by atoms with Crippen LogP contribution in [0.1, 0.15) is 28.7 Å². The summed E-state index contributed by atoms with van der Waals surface area (Å²) in [5.74, 6) is -0.259. The molecule has 1 amide bonds. The fourth-order valence-electron chi connectivity index (χ4n) is 2.73. The molecule has 1 aromatic carbocycles. The lowest BCUT2D eigenvalue weighted by Gasteiger charge is -2.34. The highest BCUT2D eigenvalue weighted by atomic mass is 35.5. The molecule has 24 heavy (non-hydrogen) atoms. The summed E-state index contributed by atoms with van der Waals surface area (Å²) in [6.07, 6.45) is 0.406. The fourth-order valence-corrected chi connectivity index (χ4v) is 3.64. The summed E-state index contributed by atoms with van der Waals surface area (Å²) in [5.41, 5.74) is 0.678. The van der Waals surface area contributed by atoms with Gasteiger partial charge in [-0.25, -0.2) is 0 Å². The Bertz CT molecular complexity index is 696. The van der Waals surface area contributed by atoms with E-state index >= 15 is 0 Å². The predicted molar refractivity (Wildman–Crippen MR) is 94.6 cm³/mol. The number of ether oxygens (including phenoxy) is 1. The molecule has 0 aliphatic carbocycles. The van der Waals surface area contributed by atoms with Crippen molar-refractivity contribution in [3.05, 3.63) is 39.3 Å². The van der Waals surface area contributed by atoms with E-state index in [1.165, 1.54) is 11.3 Å². The first-order valence-electron chi connectivity index (χ1n) is 7.76. The molecule has 0 spiro atoms.